The molecular weight excluding hydrogens is 388 g/mol. The molecule has 3 aromatic carbocycles. The fourth-order valence-corrected chi connectivity index (χ4v) is 4.47. The lowest BCUT2D eigenvalue weighted by Gasteiger charge is -2.41. The summed E-state index contributed by atoms with van der Waals surface area (Å²) < 4.78 is 17.8. The van der Waals surface area contributed by atoms with Crippen molar-refractivity contribution in [3.8, 4) is 11.5 Å². The Morgan fingerprint density at radius 2 is 1.16 bits per heavy atom. The summed E-state index contributed by atoms with van der Waals surface area (Å²) in [6.45, 7) is 0. The molecule has 2 atom stereocenters. The second kappa shape index (κ2) is 9.54. The molecule has 0 aromatic heterocycles. The zero-order valence-electron chi connectivity index (χ0n) is 18.2. The monoisotopic (exact) mass is 418 g/mol. The molecule has 0 unspecified atom stereocenters. The Labute approximate surface area is 184 Å². The zero-order chi connectivity index (χ0) is 21.7. The standard InChI is InChI=1S/C27H30O4/c1-29-23-16-12-21(13-17-23)27(20-8-4-3-5-9-20,22-14-18-24(30-2)19-15-22)31-26-11-7-6-10-25(26)28/h3-5,8-9,12-19,25-26,28H,6-7,10-11H2,1-2H3/t25-,26-/m1/s1. The van der Waals surface area contributed by atoms with Gasteiger partial charge in [0.1, 0.15) is 17.1 Å². The van der Waals surface area contributed by atoms with Crippen molar-refractivity contribution in [2.45, 2.75) is 43.5 Å². The van der Waals surface area contributed by atoms with E-state index in [1.54, 1.807) is 14.2 Å². The van der Waals surface area contributed by atoms with Gasteiger partial charge < -0.3 is 19.3 Å². The molecule has 0 saturated heterocycles. The topological polar surface area (TPSA) is 47.9 Å². The number of rotatable bonds is 7. The third kappa shape index (κ3) is 4.32. The van der Waals surface area contributed by atoms with Gasteiger partial charge in [-0.1, -0.05) is 67.4 Å². The smallest absolute Gasteiger partial charge is 0.144 e. The van der Waals surface area contributed by atoms with Crippen molar-refractivity contribution in [1.29, 1.82) is 0 Å². The van der Waals surface area contributed by atoms with E-state index >= 15 is 0 Å². The first-order chi connectivity index (χ1) is 15.2. The first kappa shape index (κ1) is 21.4. The van der Waals surface area contributed by atoms with Crippen molar-refractivity contribution in [2.75, 3.05) is 14.2 Å². The first-order valence-corrected chi connectivity index (χ1v) is 10.9. The lowest BCUT2D eigenvalue weighted by atomic mass is 9.79. The fraction of sp³-hybridized carbons (Fsp3) is 0.333. The van der Waals surface area contributed by atoms with Gasteiger partial charge in [0.05, 0.1) is 26.4 Å². The molecule has 3 aromatic rings. The van der Waals surface area contributed by atoms with Crippen LogP contribution < -0.4 is 9.47 Å². The lowest BCUT2D eigenvalue weighted by Crippen LogP contribution is -2.42. The Kier molecular flexibility index (Phi) is 6.59. The van der Waals surface area contributed by atoms with Gasteiger partial charge in [0, 0.05) is 0 Å². The molecule has 4 rings (SSSR count). The molecule has 0 aliphatic heterocycles. The van der Waals surface area contributed by atoms with Crippen molar-refractivity contribution < 1.29 is 19.3 Å². The molecule has 0 bridgehead atoms. The highest BCUT2D eigenvalue weighted by molar-refractivity contribution is 5.49. The summed E-state index contributed by atoms with van der Waals surface area (Å²) in [6.07, 6.45) is 2.96. The Hall–Kier alpha value is -2.82. The van der Waals surface area contributed by atoms with E-state index in [1.165, 1.54) is 0 Å². The summed E-state index contributed by atoms with van der Waals surface area (Å²) in [5.74, 6) is 1.58. The molecule has 0 heterocycles. The molecule has 1 N–H and O–H groups in total. The maximum Gasteiger partial charge on any atom is 0.144 e. The Bertz CT molecular complexity index is 903. The SMILES string of the molecule is COc1ccc(C(O[C@@H]2CCCC[C@H]2O)(c2ccccc2)c2ccc(OC)cc2)cc1. The number of aliphatic hydroxyl groups is 1. The third-order valence-electron chi connectivity index (χ3n) is 6.17. The van der Waals surface area contributed by atoms with Crippen molar-refractivity contribution in [2.24, 2.45) is 0 Å². The highest BCUT2D eigenvalue weighted by atomic mass is 16.5. The van der Waals surface area contributed by atoms with Crippen molar-refractivity contribution in [3.63, 3.8) is 0 Å². The maximum atomic E-state index is 10.8. The van der Waals surface area contributed by atoms with Gasteiger partial charge in [0.15, 0.2) is 0 Å². The van der Waals surface area contributed by atoms with Gasteiger partial charge in [0.2, 0.25) is 0 Å². The molecule has 1 aliphatic rings. The minimum atomic E-state index is -0.872. The molecule has 0 spiro atoms. The number of benzene rings is 3. The highest BCUT2D eigenvalue weighted by Gasteiger charge is 2.42. The predicted molar refractivity (Wildman–Crippen MR) is 122 cm³/mol. The normalized spacial score (nSPS) is 19.1. The summed E-state index contributed by atoms with van der Waals surface area (Å²) in [7, 11) is 3.33. The van der Waals surface area contributed by atoms with Gasteiger partial charge in [-0.2, -0.15) is 0 Å². The molecule has 4 nitrogen and oxygen atoms in total. The fourth-order valence-electron chi connectivity index (χ4n) is 4.47. The summed E-state index contributed by atoms with van der Waals surface area (Å²) in [6, 6.07) is 26.2. The Morgan fingerprint density at radius 3 is 1.65 bits per heavy atom. The van der Waals surface area contributed by atoms with E-state index in [9.17, 15) is 5.11 Å². The number of ether oxygens (including phenoxy) is 3. The minimum absolute atomic E-state index is 0.252. The van der Waals surface area contributed by atoms with Crippen LogP contribution in [0.15, 0.2) is 78.9 Å². The van der Waals surface area contributed by atoms with Crippen LogP contribution in [0.4, 0.5) is 0 Å². The third-order valence-corrected chi connectivity index (χ3v) is 6.17. The largest absolute Gasteiger partial charge is 0.497 e. The molecule has 162 valence electrons. The van der Waals surface area contributed by atoms with Gasteiger partial charge in [-0.3, -0.25) is 0 Å². The number of hydrogen-bond donors (Lipinski definition) is 1. The maximum absolute atomic E-state index is 10.8. The Morgan fingerprint density at radius 1 is 0.677 bits per heavy atom. The summed E-state index contributed by atoms with van der Waals surface area (Å²) >= 11 is 0. The molecular formula is C27H30O4. The molecule has 1 aliphatic carbocycles. The van der Waals surface area contributed by atoms with E-state index in [1.807, 2.05) is 66.7 Å². The van der Waals surface area contributed by atoms with Gasteiger partial charge in [0.25, 0.3) is 0 Å². The summed E-state index contributed by atoms with van der Waals surface area (Å²) in [5, 5.41) is 10.8. The van der Waals surface area contributed by atoms with E-state index < -0.39 is 11.7 Å². The van der Waals surface area contributed by atoms with E-state index in [0.717, 1.165) is 53.9 Å². The van der Waals surface area contributed by atoms with Gasteiger partial charge in [-0.05, 0) is 53.8 Å². The molecule has 0 radical (unpaired) electrons. The van der Waals surface area contributed by atoms with E-state index in [2.05, 4.69) is 12.1 Å². The average molecular weight is 419 g/mol. The lowest BCUT2D eigenvalue weighted by molar-refractivity contribution is -0.117. The molecule has 0 amide bonds. The van der Waals surface area contributed by atoms with Crippen LogP contribution in [-0.2, 0) is 10.3 Å². The summed E-state index contributed by atoms with van der Waals surface area (Å²) in [5.41, 5.74) is 2.12. The van der Waals surface area contributed by atoms with Crippen LogP contribution in [0.25, 0.3) is 0 Å². The van der Waals surface area contributed by atoms with Crippen LogP contribution in [0.2, 0.25) is 0 Å². The number of hydrogen-bond acceptors (Lipinski definition) is 4. The van der Waals surface area contributed by atoms with Crippen LogP contribution in [0.3, 0.4) is 0 Å². The van der Waals surface area contributed by atoms with E-state index in [-0.39, 0.29) is 6.10 Å². The van der Waals surface area contributed by atoms with Crippen LogP contribution in [-0.4, -0.2) is 31.5 Å². The van der Waals surface area contributed by atoms with Crippen molar-refractivity contribution in [1.82, 2.24) is 0 Å². The van der Waals surface area contributed by atoms with Gasteiger partial charge in [-0.15, -0.1) is 0 Å². The van der Waals surface area contributed by atoms with Crippen molar-refractivity contribution >= 4 is 0 Å². The van der Waals surface area contributed by atoms with E-state index in [0.29, 0.717) is 0 Å². The molecule has 1 fully saturated rings. The second-order valence-corrected chi connectivity index (χ2v) is 8.01. The number of methoxy groups -OCH3 is 2. The van der Waals surface area contributed by atoms with Gasteiger partial charge >= 0.3 is 0 Å². The predicted octanol–water partition coefficient (Wildman–Crippen LogP) is 5.32. The average Bonchev–Trinajstić information content (AvgIpc) is 2.84. The van der Waals surface area contributed by atoms with Crippen LogP contribution in [0.1, 0.15) is 42.4 Å². The van der Waals surface area contributed by atoms with Crippen LogP contribution in [0, 0.1) is 0 Å². The van der Waals surface area contributed by atoms with Crippen LogP contribution in [0.5, 0.6) is 11.5 Å². The minimum Gasteiger partial charge on any atom is -0.497 e. The van der Waals surface area contributed by atoms with Crippen molar-refractivity contribution in [3.05, 3.63) is 95.6 Å². The van der Waals surface area contributed by atoms with Crippen LogP contribution >= 0.6 is 0 Å². The first-order valence-electron chi connectivity index (χ1n) is 10.9. The summed E-state index contributed by atoms with van der Waals surface area (Å²) in [4.78, 5) is 0. The Balaban J connectivity index is 1.92. The highest BCUT2D eigenvalue weighted by Crippen LogP contribution is 2.44. The zero-order valence-corrected chi connectivity index (χ0v) is 18.2. The van der Waals surface area contributed by atoms with E-state index in [4.69, 9.17) is 14.2 Å². The molecule has 1 saturated carbocycles. The second-order valence-electron chi connectivity index (χ2n) is 8.01. The molecule has 31 heavy (non-hydrogen) atoms. The molecule has 4 heteroatoms. The number of aliphatic hydroxyl groups excluding tert-OH is 1. The quantitative estimate of drug-likeness (QED) is 0.528. The van der Waals surface area contributed by atoms with Gasteiger partial charge in [-0.25, -0.2) is 0 Å².